The second kappa shape index (κ2) is 6.93. The lowest BCUT2D eigenvalue weighted by atomic mass is 9.97. The number of nitrogens with zero attached hydrogens (tertiary/aromatic N) is 2. The van der Waals surface area contributed by atoms with E-state index in [0.717, 1.165) is 36.0 Å². The fourth-order valence-electron chi connectivity index (χ4n) is 3.55. The highest BCUT2D eigenvalue weighted by molar-refractivity contribution is 9.10. The highest BCUT2D eigenvalue weighted by atomic mass is 79.9. The summed E-state index contributed by atoms with van der Waals surface area (Å²) in [6.45, 7) is 2.12. The second-order valence-corrected chi connectivity index (χ2v) is 7.74. The summed E-state index contributed by atoms with van der Waals surface area (Å²) in [5.41, 5.74) is 1.51. The molecule has 2 heterocycles. The predicted octanol–water partition coefficient (Wildman–Crippen LogP) is 3.50. The van der Waals surface area contributed by atoms with Gasteiger partial charge < -0.3 is 5.32 Å². The van der Waals surface area contributed by atoms with Crippen LogP contribution < -0.4 is 5.32 Å². The van der Waals surface area contributed by atoms with Crippen molar-refractivity contribution in [1.82, 2.24) is 10.2 Å². The molecule has 26 heavy (non-hydrogen) atoms. The highest BCUT2D eigenvalue weighted by Crippen LogP contribution is 2.30. The van der Waals surface area contributed by atoms with Crippen LogP contribution >= 0.6 is 15.9 Å². The van der Waals surface area contributed by atoms with Gasteiger partial charge in [0.05, 0.1) is 0 Å². The third kappa shape index (κ3) is 3.44. The Morgan fingerprint density at radius 2 is 1.81 bits per heavy atom. The predicted molar refractivity (Wildman–Crippen MR) is 102 cm³/mol. The number of benzene rings is 2. The monoisotopic (exact) mass is 415 g/mol. The number of hydrogen-bond donors (Lipinski definition) is 1. The quantitative estimate of drug-likeness (QED) is 0.833. The SMILES string of the molecule is O=C1NC2(CCN(Cc3ccccc3F)CC2)N=C1c1ccc(Br)cc1. The standard InChI is InChI=1S/C20H19BrFN3O/c21-16-7-5-14(6-8-16)18-19(26)24-20(23-18)9-11-25(12-10-20)13-15-3-1-2-4-17(15)22/h1-8H,9-13H2,(H,24,26). The van der Waals surface area contributed by atoms with E-state index in [2.05, 4.69) is 26.1 Å². The molecular formula is C20H19BrFN3O. The molecule has 6 heteroatoms. The van der Waals surface area contributed by atoms with E-state index < -0.39 is 5.66 Å². The zero-order valence-electron chi connectivity index (χ0n) is 14.2. The van der Waals surface area contributed by atoms with Gasteiger partial charge in [-0.2, -0.15) is 0 Å². The number of nitrogens with one attached hydrogen (secondary N) is 1. The fraction of sp³-hybridized carbons (Fsp3) is 0.300. The third-order valence-corrected chi connectivity index (χ3v) is 5.57. The number of hydrogen-bond acceptors (Lipinski definition) is 3. The summed E-state index contributed by atoms with van der Waals surface area (Å²) in [7, 11) is 0. The molecule has 0 atom stereocenters. The van der Waals surface area contributed by atoms with Gasteiger partial charge in [0.2, 0.25) is 0 Å². The maximum Gasteiger partial charge on any atom is 0.272 e. The van der Waals surface area contributed by atoms with Crippen molar-refractivity contribution in [2.75, 3.05) is 13.1 Å². The zero-order valence-corrected chi connectivity index (χ0v) is 15.8. The molecule has 2 aliphatic heterocycles. The average molecular weight is 416 g/mol. The topological polar surface area (TPSA) is 44.7 Å². The molecule has 4 rings (SSSR count). The molecule has 2 aromatic rings. The number of likely N-dealkylation sites (tertiary alicyclic amines) is 1. The van der Waals surface area contributed by atoms with E-state index in [1.807, 2.05) is 36.4 Å². The van der Waals surface area contributed by atoms with Crippen molar-refractivity contribution in [1.29, 1.82) is 0 Å². The zero-order chi connectivity index (χ0) is 18.1. The van der Waals surface area contributed by atoms with Crippen LogP contribution in [0.15, 0.2) is 58.0 Å². The van der Waals surface area contributed by atoms with Crippen molar-refractivity contribution in [2.24, 2.45) is 4.99 Å². The van der Waals surface area contributed by atoms with Crippen LogP contribution in [0.25, 0.3) is 0 Å². The largest absolute Gasteiger partial charge is 0.326 e. The van der Waals surface area contributed by atoms with Crippen molar-refractivity contribution >= 4 is 27.5 Å². The van der Waals surface area contributed by atoms with Crippen molar-refractivity contribution in [3.8, 4) is 0 Å². The molecule has 0 saturated carbocycles. The fourth-order valence-corrected chi connectivity index (χ4v) is 3.82. The Morgan fingerprint density at radius 3 is 2.50 bits per heavy atom. The lowest BCUT2D eigenvalue weighted by Crippen LogP contribution is -2.50. The molecule has 1 N–H and O–H groups in total. The minimum absolute atomic E-state index is 0.116. The van der Waals surface area contributed by atoms with Gasteiger partial charge in [-0.15, -0.1) is 0 Å². The molecule has 0 aliphatic carbocycles. The van der Waals surface area contributed by atoms with Gasteiger partial charge >= 0.3 is 0 Å². The molecule has 1 amide bonds. The smallest absolute Gasteiger partial charge is 0.272 e. The van der Waals surface area contributed by atoms with Crippen LogP contribution in [0, 0.1) is 5.82 Å². The Bertz CT molecular complexity index is 858. The normalized spacial score (nSPS) is 19.5. The summed E-state index contributed by atoms with van der Waals surface area (Å²) in [6, 6.07) is 14.5. The molecular weight excluding hydrogens is 397 g/mol. The number of piperidine rings is 1. The van der Waals surface area contributed by atoms with E-state index in [1.54, 1.807) is 6.07 Å². The van der Waals surface area contributed by atoms with E-state index in [-0.39, 0.29) is 11.7 Å². The molecule has 1 spiro atoms. The average Bonchev–Trinajstić information content (AvgIpc) is 2.96. The van der Waals surface area contributed by atoms with E-state index in [4.69, 9.17) is 4.99 Å². The summed E-state index contributed by atoms with van der Waals surface area (Å²) in [5.74, 6) is -0.285. The van der Waals surface area contributed by atoms with Gasteiger partial charge in [0.15, 0.2) is 0 Å². The summed E-state index contributed by atoms with van der Waals surface area (Å²) in [6.07, 6.45) is 1.46. The van der Waals surface area contributed by atoms with Crippen molar-refractivity contribution in [2.45, 2.75) is 25.0 Å². The number of carbonyl (C=O) groups is 1. The maximum absolute atomic E-state index is 13.8. The van der Waals surface area contributed by atoms with Crippen LogP contribution in [0.4, 0.5) is 4.39 Å². The molecule has 0 bridgehead atoms. The highest BCUT2D eigenvalue weighted by Gasteiger charge is 2.42. The Labute approximate surface area is 160 Å². The molecule has 1 saturated heterocycles. The van der Waals surface area contributed by atoms with Crippen LogP contribution in [0.5, 0.6) is 0 Å². The summed E-state index contributed by atoms with van der Waals surface area (Å²) >= 11 is 3.41. The molecule has 2 aliphatic rings. The number of rotatable bonds is 3. The van der Waals surface area contributed by atoms with Gasteiger partial charge in [-0.25, -0.2) is 4.39 Å². The lowest BCUT2D eigenvalue weighted by Gasteiger charge is -2.37. The minimum Gasteiger partial charge on any atom is -0.326 e. The van der Waals surface area contributed by atoms with Gasteiger partial charge in [0, 0.05) is 48.1 Å². The van der Waals surface area contributed by atoms with E-state index >= 15 is 0 Å². The first-order valence-electron chi connectivity index (χ1n) is 8.69. The van der Waals surface area contributed by atoms with Gasteiger partial charge in [-0.1, -0.05) is 46.3 Å². The van der Waals surface area contributed by atoms with Gasteiger partial charge in [-0.3, -0.25) is 14.7 Å². The van der Waals surface area contributed by atoms with Gasteiger partial charge in [0.1, 0.15) is 17.2 Å². The van der Waals surface area contributed by atoms with E-state index in [9.17, 15) is 9.18 Å². The number of aliphatic imine (C=N–C) groups is 1. The Morgan fingerprint density at radius 1 is 1.12 bits per heavy atom. The summed E-state index contributed by atoms with van der Waals surface area (Å²) in [5, 5.41) is 3.07. The van der Waals surface area contributed by atoms with Crippen LogP contribution in [0.3, 0.4) is 0 Å². The van der Waals surface area contributed by atoms with Crippen LogP contribution in [0.1, 0.15) is 24.0 Å². The summed E-state index contributed by atoms with van der Waals surface area (Å²) in [4.78, 5) is 19.4. The maximum atomic E-state index is 13.8. The van der Waals surface area contributed by atoms with Gasteiger partial charge in [0.25, 0.3) is 5.91 Å². The molecule has 134 valence electrons. The lowest BCUT2D eigenvalue weighted by molar-refractivity contribution is -0.115. The molecule has 1 fully saturated rings. The van der Waals surface area contributed by atoms with Crippen LogP contribution in [-0.4, -0.2) is 35.3 Å². The van der Waals surface area contributed by atoms with Crippen molar-refractivity contribution < 1.29 is 9.18 Å². The summed E-state index contributed by atoms with van der Waals surface area (Å²) < 4.78 is 14.8. The van der Waals surface area contributed by atoms with E-state index in [0.29, 0.717) is 17.8 Å². The first kappa shape index (κ1) is 17.4. The first-order chi connectivity index (χ1) is 12.5. The van der Waals surface area contributed by atoms with Crippen molar-refractivity contribution in [3.05, 3.63) is 69.9 Å². The molecule has 0 radical (unpaired) electrons. The third-order valence-electron chi connectivity index (χ3n) is 5.04. The van der Waals surface area contributed by atoms with Crippen molar-refractivity contribution in [3.63, 3.8) is 0 Å². The Kier molecular flexibility index (Phi) is 4.63. The molecule has 4 nitrogen and oxygen atoms in total. The number of carbonyl (C=O) groups excluding carboxylic acids is 1. The van der Waals surface area contributed by atoms with Crippen LogP contribution in [0.2, 0.25) is 0 Å². The molecule has 0 unspecified atom stereocenters. The first-order valence-corrected chi connectivity index (χ1v) is 9.48. The van der Waals surface area contributed by atoms with Gasteiger partial charge in [-0.05, 0) is 18.2 Å². The Balaban J connectivity index is 1.46. The number of halogens is 2. The molecule has 0 aromatic heterocycles. The second-order valence-electron chi connectivity index (χ2n) is 6.82. The Hall–Kier alpha value is -2.05. The van der Waals surface area contributed by atoms with Crippen LogP contribution in [-0.2, 0) is 11.3 Å². The minimum atomic E-state index is -0.523. The molecule has 2 aromatic carbocycles. The number of amides is 1. The van der Waals surface area contributed by atoms with E-state index in [1.165, 1.54) is 6.07 Å².